The molecule has 0 saturated carbocycles. The van der Waals surface area contributed by atoms with Gasteiger partial charge in [0.2, 0.25) is 0 Å². The number of esters is 1. The van der Waals surface area contributed by atoms with Gasteiger partial charge in [0.05, 0.1) is 49.7 Å². The van der Waals surface area contributed by atoms with Crippen molar-refractivity contribution >= 4 is 70.5 Å². The van der Waals surface area contributed by atoms with Crippen molar-refractivity contribution in [3.63, 3.8) is 0 Å². The SMILES string of the molecule is COC(=O)C(C)(C)CC(=O)c1cc2c(F)c(OCCCOc3c(OC)cc4sc(C(=O)CS(=O)(=O)O)cc4c3F)c(OC)cc2s1. The Morgan fingerprint density at radius 3 is 1.67 bits per heavy atom. The van der Waals surface area contributed by atoms with Gasteiger partial charge in [-0.25, -0.2) is 8.78 Å². The molecule has 248 valence electrons. The van der Waals surface area contributed by atoms with Gasteiger partial charge in [-0.05, 0) is 26.0 Å². The van der Waals surface area contributed by atoms with Gasteiger partial charge in [0.15, 0.2) is 46.2 Å². The van der Waals surface area contributed by atoms with Crippen LogP contribution in [0.15, 0.2) is 24.3 Å². The van der Waals surface area contributed by atoms with Gasteiger partial charge >= 0.3 is 5.97 Å². The summed E-state index contributed by atoms with van der Waals surface area (Å²) in [4.78, 5) is 37.3. The van der Waals surface area contributed by atoms with Crippen molar-refractivity contribution in [2.75, 3.05) is 40.3 Å². The predicted octanol–water partition coefficient (Wildman–Crippen LogP) is 6.10. The molecule has 0 saturated heterocycles. The van der Waals surface area contributed by atoms with Crippen LogP contribution in [0.3, 0.4) is 0 Å². The second-order valence-electron chi connectivity index (χ2n) is 10.7. The van der Waals surface area contributed by atoms with Crippen LogP contribution in [0.1, 0.15) is 46.0 Å². The minimum atomic E-state index is -4.56. The number of ether oxygens (including phenoxy) is 5. The standard InChI is InChI=1S/C30H30F2O11S3/c1-30(2,29(35)41-5)13-17(33)23-9-15-21(44-23)11-19(39-3)27(25(15)31)42-7-6-8-43-28-20(40-4)12-22-16(26(28)32)10-24(45-22)18(34)14-46(36,37)38/h9-12H,6-8,13-14H2,1-5H3,(H,36,37,38). The molecule has 2 aromatic carbocycles. The molecule has 2 aromatic heterocycles. The van der Waals surface area contributed by atoms with Crippen LogP contribution < -0.4 is 18.9 Å². The molecule has 0 spiro atoms. The van der Waals surface area contributed by atoms with E-state index in [0.29, 0.717) is 9.40 Å². The van der Waals surface area contributed by atoms with E-state index in [-0.39, 0.29) is 75.4 Å². The predicted molar refractivity (Wildman–Crippen MR) is 168 cm³/mol. The van der Waals surface area contributed by atoms with Crippen molar-refractivity contribution in [3.05, 3.63) is 45.7 Å². The van der Waals surface area contributed by atoms with Crippen LogP contribution in [0, 0.1) is 17.0 Å². The summed E-state index contributed by atoms with van der Waals surface area (Å²) < 4.78 is 89.5. The van der Waals surface area contributed by atoms with E-state index in [9.17, 15) is 22.8 Å². The molecule has 46 heavy (non-hydrogen) atoms. The number of hydrogen-bond acceptors (Lipinski definition) is 12. The molecule has 0 unspecified atom stereocenters. The number of Topliss-reactive ketones (excluding diaryl/α,β-unsaturated/α-hetero) is 2. The molecule has 4 aromatic rings. The van der Waals surface area contributed by atoms with Crippen molar-refractivity contribution in [1.82, 2.24) is 0 Å². The highest BCUT2D eigenvalue weighted by Gasteiger charge is 2.33. The van der Waals surface area contributed by atoms with Crippen LogP contribution in [-0.2, 0) is 19.6 Å². The first-order valence-corrected chi connectivity index (χ1v) is 16.8. The van der Waals surface area contributed by atoms with Gasteiger partial charge in [0, 0.05) is 45.1 Å². The highest BCUT2D eigenvalue weighted by Crippen LogP contribution is 2.42. The maximum atomic E-state index is 15.6. The number of rotatable bonds is 15. The van der Waals surface area contributed by atoms with E-state index in [4.69, 9.17) is 28.2 Å². The minimum absolute atomic E-state index is 0.00155. The molecular weight excluding hydrogens is 671 g/mol. The van der Waals surface area contributed by atoms with E-state index in [0.717, 1.165) is 22.7 Å². The first kappa shape index (κ1) is 35.0. The zero-order valence-electron chi connectivity index (χ0n) is 25.4. The number of benzene rings is 2. The first-order chi connectivity index (χ1) is 21.6. The van der Waals surface area contributed by atoms with Crippen LogP contribution in [-0.4, -0.2) is 70.8 Å². The lowest BCUT2D eigenvalue weighted by atomic mass is 9.87. The summed E-state index contributed by atoms with van der Waals surface area (Å²) in [5.74, 6) is -4.82. The minimum Gasteiger partial charge on any atom is -0.493 e. The van der Waals surface area contributed by atoms with Crippen molar-refractivity contribution in [1.29, 1.82) is 0 Å². The molecule has 0 radical (unpaired) electrons. The van der Waals surface area contributed by atoms with Gasteiger partial charge in [-0.3, -0.25) is 18.9 Å². The molecule has 4 rings (SSSR count). The normalized spacial score (nSPS) is 11.9. The molecule has 0 aliphatic rings. The summed E-state index contributed by atoms with van der Waals surface area (Å²) in [6.45, 7) is 3.02. The Kier molecular flexibility index (Phi) is 10.6. The van der Waals surface area contributed by atoms with Gasteiger partial charge in [-0.1, -0.05) is 0 Å². The van der Waals surface area contributed by atoms with Crippen molar-refractivity contribution < 1.29 is 59.8 Å². The third kappa shape index (κ3) is 7.57. The lowest BCUT2D eigenvalue weighted by molar-refractivity contribution is -0.150. The van der Waals surface area contributed by atoms with Gasteiger partial charge in [0.25, 0.3) is 10.1 Å². The molecule has 0 atom stereocenters. The Bertz CT molecular complexity index is 1930. The molecule has 0 bridgehead atoms. The fraction of sp³-hybridized carbons (Fsp3) is 0.367. The molecule has 11 nitrogen and oxygen atoms in total. The Morgan fingerprint density at radius 2 is 1.26 bits per heavy atom. The Morgan fingerprint density at radius 1 is 0.804 bits per heavy atom. The molecular formula is C30H30F2O11S3. The van der Waals surface area contributed by atoms with Gasteiger partial charge in [-0.15, -0.1) is 22.7 Å². The number of fused-ring (bicyclic) bond motifs is 2. The third-order valence-electron chi connectivity index (χ3n) is 6.79. The highest BCUT2D eigenvalue weighted by molar-refractivity contribution is 7.86. The maximum Gasteiger partial charge on any atom is 0.311 e. The molecule has 0 aliphatic heterocycles. The average molecular weight is 701 g/mol. The molecule has 0 aliphatic carbocycles. The largest absolute Gasteiger partial charge is 0.493 e. The van der Waals surface area contributed by atoms with Crippen LogP contribution in [0.2, 0.25) is 0 Å². The Balaban J connectivity index is 1.46. The van der Waals surface area contributed by atoms with Gasteiger partial charge in [0.1, 0.15) is 5.75 Å². The molecule has 16 heteroatoms. The van der Waals surface area contributed by atoms with E-state index in [1.165, 1.54) is 39.5 Å². The highest BCUT2D eigenvalue weighted by atomic mass is 32.2. The fourth-order valence-electron chi connectivity index (χ4n) is 4.53. The number of thiophene rings is 2. The molecule has 0 amide bonds. The molecule has 1 N–H and O–H groups in total. The zero-order valence-corrected chi connectivity index (χ0v) is 27.8. The number of carbonyl (C=O) groups excluding carboxylic acids is 3. The number of carbonyl (C=O) groups is 3. The number of ketones is 2. The van der Waals surface area contributed by atoms with Crippen molar-refractivity contribution in [2.45, 2.75) is 26.7 Å². The molecule has 0 fully saturated rings. The first-order valence-electron chi connectivity index (χ1n) is 13.6. The summed E-state index contributed by atoms with van der Waals surface area (Å²) in [6, 6.07) is 5.55. The zero-order chi connectivity index (χ0) is 34.0. The van der Waals surface area contributed by atoms with Gasteiger partial charge in [-0.2, -0.15) is 8.42 Å². The van der Waals surface area contributed by atoms with Crippen molar-refractivity contribution in [3.8, 4) is 23.0 Å². The van der Waals surface area contributed by atoms with Crippen LogP contribution >= 0.6 is 22.7 Å². The summed E-state index contributed by atoms with van der Waals surface area (Å²) >= 11 is 1.89. The quantitative estimate of drug-likeness (QED) is 0.0663. The topological polar surface area (TPSA) is 152 Å². The summed E-state index contributed by atoms with van der Waals surface area (Å²) in [7, 11) is -0.691. The van der Waals surface area contributed by atoms with E-state index in [1.54, 1.807) is 19.9 Å². The summed E-state index contributed by atoms with van der Waals surface area (Å²) in [5, 5.41) is 0.139. The smallest absolute Gasteiger partial charge is 0.311 e. The second kappa shape index (κ2) is 13.9. The summed E-state index contributed by atoms with van der Waals surface area (Å²) in [6.07, 6.45) is 0.0334. The monoisotopic (exact) mass is 700 g/mol. The number of methoxy groups -OCH3 is 3. The second-order valence-corrected chi connectivity index (χ2v) is 14.3. The Labute approximate surface area is 270 Å². The van der Waals surface area contributed by atoms with E-state index in [1.807, 2.05) is 0 Å². The van der Waals surface area contributed by atoms with Crippen molar-refractivity contribution in [2.24, 2.45) is 5.41 Å². The lowest BCUT2D eigenvalue weighted by Crippen LogP contribution is -2.28. The Hall–Kier alpha value is -3.86. The number of halogens is 2. The van der Waals surface area contributed by atoms with E-state index < -0.39 is 44.7 Å². The van der Waals surface area contributed by atoms with E-state index in [2.05, 4.69) is 0 Å². The maximum absolute atomic E-state index is 15.6. The summed E-state index contributed by atoms with van der Waals surface area (Å²) in [5.41, 5.74) is -1.06. The fourth-order valence-corrected chi connectivity index (χ4v) is 7.15. The average Bonchev–Trinajstić information content (AvgIpc) is 3.62. The van der Waals surface area contributed by atoms with Gasteiger partial charge < -0.3 is 23.7 Å². The van der Waals surface area contributed by atoms with Crippen LogP contribution in [0.5, 0.6) is 23.0 Å². The van der Waals surface area contributed by atoms with E-state index >= 15 is 8.78 Å². The van der Waals surface area contributed by atoms with Crippen LogP contribution in [0.4, 0.5) is 8.78 Å². The van der Waals surface area contributed by atoms with Crippen LogP contribution in [0.25, 0.3) is 20.2 Å². The molecule has 2 heterocycles. The number of hydrogen-bond donors (Lipinski definition) is 1. The lowest BCUT2D eigenvalue weighted by Gasteiger charge is -2.19. The third-order valence-corrected chi connectivity index (χ3v) is 9.66.